The van der Waals surface area contributed by atoms with Crippen molar-refractivity contribution in [3.63, 3.8) is 0 Å². The van der Waals surface area contributed by atoms with Gasteiger partial charge in [-0.2, -0.15) is 0 Å². The molecule has 7 heteroatoms. The molecule has 0 fully saturated rings. The first-order valence-electron chi connectivity index (χ1n) is 8.81. The Morgan fingerprint density at radius 3 is 2.50 bits per heavy atom. The Balaban J connectivity index is 1.88. The number of carbonyl (C=O) groups excluding carboxylic acids is 2. The standard InChI is InChI=1S/C21H22FNO5/c1-3-26-18-10-8-15(12-19(18)27-4-2)9-11-21(25)28-14-20(24)23-17-7-5-6-16(22)13-17/h5-13H,3-4,14H2,1-2H3,(H,23,24)/b11-9+. The van der Waals surface area contributed by atoms with Crippen LogP contribution in [0.1, 0.15) is 19.4 Å². The fraction of sp³-hybridized carbons (Fsp3) is 0.238. The lowest BCUT2D eigenvalue weighted by molar-refractivity contribution is -0.142. The molecule has 0 aliphatic rings. The number of anilines is 1. The molecule has 0 aliphatic carbocycles. The predicted molar refractivity (Wildman–Crippen MR) is 104 cm³/mol. The van der Waals surface area contributed by atoms with Crippen molar-refractivity contribution in [2.45, 2.75) is 13.8 Å². The van der Waals surface area contributed by atoms with Crippen LogP contribution in [0.25, 0.3) is 6.08 Å². The third-order valence-electron chi connectivity index (χ3n) is 3.43. The number of hydrogen-bond acceptors (Lipinski definition) is 5. The van der Waals surface area contributed by atoms with E-state index in [0.29, 0.717) is 30.3 Å². The van der Waals surface area contributed by atoms with Gasteiger partial charge in [-0.1, -0.05) is 12.1 Å². The highest BCUT2D eigenvalue weighted by atomic mass is 19.1. The Labute approximate surface area is 162 Å². The summed E-state index contributed by atoms with van der Waals surface area (Å²) in [7, 11) is 0. The maximum absolute atomic E-state index is 13.1. The molecule has 1 amide bonds. The van der Waals surface area contributed by atoms with Gasteiger partial charge in [-0.15, -0.1) is 0 Å². The molecule has 1 N–H and O–H groups in total. The lowest BCUT2D eigenvalue weighted by Crippen LogP contribution is -2.20. The predicted octanol–water partition coefficient (Wildman–Crippen LogP) is 3.82. The maximum Gasteiger partial charge on any atom is 0.331 e. The van der Waals surface area contributed by atoms with Crippen molar-refractivity contribution in [1.29, 1.82) is 0 Å². The molecule has 0 radical (unpaired) electrons. The third kappa shape index (κ3) is 6.75. The molecule has 0 unspecified atom stereocenters. The number of rotatable bonds is 9. The molecule has 0 bridgehead atoms. The van der Waals surface area contributed by atoms with E-state index in [1.807, 2.05) is 13.8 Å². The number of carbonyl (C=O) groups is 2. The molecule has 28 heavy (non-hydrogen) atoms. The first-order valence-corrected chi connectivity index (χ1v) is 8.81. The van der Waals surface area contributed by atoms with E-state index in [1.54, 1.807) is 24.3 Å². The summed E-state index contributed by atoms with van der Waals surface area (Å²) in [6.45, 7) is 4.26. The number of ether oxygens (including phenoxy) is 3. The Hall–Kier alpha value is -3.35. The topological polar surface area (TPSA) is 73.9 Å². The van der Waals surface area contributed by atoms with Gasteiger partial charge in [0.1, 0.15) is 5.82 Å². The van der Waals surface area contributed by atoms with Crippen LogP contribution in [0, 0.1) is 5.82 Å². The molecule has 6 nitrogen and oxygen atoms in total. The molecule has 0 saturated carbocycles. The van der Waals surface area contributed by atoms with Crippen LogP contribution >= 0.6 is 0 Å². The quantitative estimate of drug-likeness (QED) is 0.523. The van der Waals surface area contributed by atoms with Gasteiger partial charge in [0.25, 0.3) is 5.91 Å². The van der Waals surface area contributed by atoms with Crippen LogP contribution in [-0.2, 0) is 14.3 Å². The van der Waals surface area contributed by atoms with Crippen LogP contribution in [0.4, 0.5) is 10.1 Å². The second-order valence-electron chi connectivity index (χ2n) is 5.57. The zero-order chi connectivity index (χ0) is 20.4. The summed E-state index contributed by atoms with van der Waals surface area (Å²) >= 11 is 0. The SMILES string of the molecule is CCOc1ccc(/C=C/C(=O)OCC(=O)Nc2cccc(F)c2)cc1OCC. The molecule has 0 atom stereocenters. The van der Waals surface area contributed by atoms with E-state index in [4.69, 9.17) is 14.2 Å². The lowest BCUT2D eigenvalue weighted by atomic mass is 10.2. The van der Waals surface area contributed by atoms with E-state index < -0.39 is 24.3 Å². The monoisotopic (exact) mass is 387 g/mol. The van der Waals surface area contributed by atoms with E-state index in [1.165, 1.54) is 30.3 Å². The third-order valence-corrected chi connectivity index (χ3v) is 3.43. The molecule has 0 aliphatic heterocycles. The van der Waals surface area contributed by atoms with Gasteiger partial charge < -0.3 is 19.5 Å². The Kier molecular flexibility index (Phi) is 8.02. The average molecular weight is 387 g/mol. The van der Waals surface area contributed by atoms with Crippen molar-refractivity contribution >= 4 is 23.6 Å². The van der Waals surface area contributed by atoms with Gasteiger partial charge in [-0.05, 0) is 55.8 Å². The summed E-state index contributed by atoms with van der Waals surface area (Å²) in [6.07, 6.45) is 2.76. The fourth-order valence-corrected chi connectivity index (χ4v) is 2.28. The lowest BCUT2D eigenvalue weighted by Gasteiger charge is -2.11. The smallest absolute Gasteiger partial charge is 0.331 e. The minimum Gasteiger partial charge on any atom is -0.490 e. The number of amides is 1. The van der Waals surface area contributed by atoms with Gasteiger partial charge >= 0.3 is 5.97 Å². The first kappa shape index (κ1) is 21.0. The second kappa shape index (κ2) is 10.7. The van der Waals surface area contributed by atoms with Gasteiger partial charge in [-0.25, -0.2) is 9.18 Å². The van der Waals surface area contributed by atoms with Crippen molar-refractivity contribution in [3.05, 3.63) is 59.9 Å². The summed E-state index contributed by atoms with van der Waals surface area (Å²) in [5.41, 5.74) is 1.00. The van der Waals surface area contributed by atoms with Crippen molar-refractivity contribution in [1.82, 2.24) is 0 Å². The van der Waals surface area contributed by atoms with Gasteiger partial charge in [-0.3, -0.25) is 4.79 Å². The van der Waals surface area contributed by atoms with Crippen LogP contribution in [0.5, 0.6) is 11.5 Å². The molecule has 0 heterocycles. The minimum atomic E-state index is -0.679. The van der Waals surface area contributed by atoms with E-state index >= 15 is 0 Å². The molecule has 2 rings (SSSR count). The van der Waals surface area contributed by atoms with Gasteiger partial charge in [0.05, 0.1) is 13.2 Å². The van der Waals surface area contributed by atoms with Gasteiger partial charge in [0.15, 0.2) is 18.1 Å². The summed E-state index contributed by atoms with van der Waals surface area (Å²) in [5, 5.41) is 2.44. The highest BCUT2D eigenvalue weighted by Crippen LogP contribution is 2.29. The number of benzene rings is 2. The Morgan fingerprint density at radius 1 is 1.04 bits per heavy atom. The van der Waals surface area contributed by atoms with E-state index in [2.05, 4.69) is 5.32 Å². The highest BCUT2D eigenvalue weighted by molar-refractivity contribution is 5.94. The summed E-state index contributed by atoms with van der Waals surface area (Å²) in [4.78, 5) is 23.6. The van der Waals surface area contributed by atoms with Crippen LogP contribution < -0.4 is 14.8 Å². The zero-order valence-corrected chi connectivity index (χ0v) is 15.7. The number of hydrogen-bond donors (Lipinski definition) is 1. The van der Waals surface area contributed by atoms with Crippen molar-refractivity contribution in [2.75, 3.05) is 25.1 Å². The van der Waals surface area contributed by atoms with Crippen molar-refractivity contribution in [3.8, 4) is 11.5 Å². The molecule has 148 valence electrons. The molecule has 0 aromatic heterocycles. The van der Waals surface area contributed by atoms with Crippen LogP contribution in [0.3, 0.4) is 0 Å². The van der Waals surface area contributed by atoms with E-state index in [0.717, 1.165) is 0 Å². The van der Waals surface area contributed by atoms with Crippen LogP contribution in [-0.4, -0.2) is 31.7 Å². The molecule has 0 spiro atoms. The van der Waals surface area contributed by atoms with Crippen LogP contribution in [0.2, 0.25) is 0 Å². The average Bonchev–Trinajstić information content (AvgIpc) is 2.67. The minimum absolute atomic E-state index is 0.287. The molecule has 0 saturated heterocycles. The number of nitrogens with one attached hydrogen (secondary N) is 1. The fourth-order valence-electron chi connectivity index (χ4n) is 2.28. The highest BCUT2D eigenvalue weighted by Gasteiger charge is 2.08. The number of esters is 1. The van der Waals surface area contributed by atoms with Crippen LogP contribution in [0.15, 0.2) is 48.5 Å². The Morgan fingerprint density at radius 2 is 1.79 bits per heavy atom. The molecular weight excluding hydrogens is 365 g/mol. The van der Waals surface area contributed by atoms with Gasteiger partial charge in [0.2, 0.25) is 0 Å². The molecular formula is C21H22FNO5. The molecule has 2 aromatic rings. The van der Waals surface area contributed by atoms with E-state index in [-0.39, 0.29) is 5.69 Å². The Bertz CT molecular complexity index is 850. The van der Waals surface area contributed by atoms with Crippen molar-refractivity contribution < 1.29 is 28.2 Å². The van der Waals surface area contributed by atoms with Gasteiger partial charge in [0, 0.05) is 11.8 Å². The largest absolute Gasteiger partial charge is 0.490 e. The summed E-state index contributed by atoms with van der Waals surface area (Å²) in [6, 6.07) is 10.7. The molecule has 2 aromatic carbocycles. The first-order chi connectivity index (χ1) is 13.5. The summed E-state index contributed by atoms with van der Waals surface area (Å²) in [5.74, 6) is -0.514. The van der Waals surface area contributed by atoms with E-state index in [9.17, 15) is 14.0 Å². The zero-order valence-electron chi connectivity index (χ0n) is 15.7. The normalized spacial score (nSPS) is 10.5. The maximum atomic E-state index is 13.1. The summed E-state index contributed by atoms with van der Waals surface area (Å²) < 4.78 is 29.0. The number of halogens is 1. The second-order valence-corrected chi connectivity index (χ2v) is 5.57. The van der Waals surface area contributed by atoms with Crippen molar-refractivity contribution in [2.24, 2.45) is 0 Å².